The standard InChI is InChI=1S/C18H19NO3/c1-12-3-6-15(7-4-12)18(22)19-11-14-5-8-16(10-17(20)21)13(2)9-14/h3-9H,10-11H2,1-2H3,(H,19,22)(H,20,21). The molecule has 0 aromatic heterocycles. The zero-order chi connectivity index (χ0) is 16.1. The van der Waals surface area contributed by atoms with Gasteiger partial charge in [-0.15, -0.1) is 0 Å². The zero-order valence-electron chi connectivity index (χ0n) is 12.7. The van der Waals surface area contributed by atoms with Crippen LogP contribution >= 0.6 is 0 Å². The number of hydrogen-bond acceptors (Lipinski definition) is 2. The number of nitrogens with one attached hydrogen (secondary N) is 1. The predicted molar refractivity (Wildman–Crippen MR) is 84.9 cm³/mol. The summed E-state index contributed by atoms with van der Waals surface area (Å²) in [7, 11) is 0. The molecule has 0 saturated heterocycles. The van der Waals surface area contributed by atoms with Crippen LogP contribution in [-0.2, 0) is 17.8 Å². The Morgan fingerprint density at radius 2 is 1.73 bits per heavy atom. The number of amides is 1. The molecule has 0 heterocycles. The van der Waals surface area contributed by atoms with E-state index in [1.165, 1.54) is 0 Å². The lowest BCUT2D eigenvalue weighted by Crippen LogP contribution is -2.22. The average Bonchev–Trinajstić information content (AvgIpc) is 2.47. The number of carboxylic acid groups (broad SMARTS) is 1. The number of carbonyl (C=O) groups excluding carboxylic acids is 1. The van der Waals surface area contributed by atoms with Crippen LogP contribution in [0.15, 0.2) is 42.5 Å². The van der Waals surface area contributed by atoms with Gasteiger partial charge in [-0.2, -0.15) is 0 Å². The fraction of sp³-hybridized carbons (Fsp3) is 0.222. The molecule has 0 aliphatic heterocycles. The molecule has 4 nitrogen and oxygen atoms in total. The summed E-state index contributed by atoms with van der Waals surface area (Å²) >= 11 is 0. The van der Waals surface area contributed by atoms with E-state index in [4.69, 9.17) is 5.11 Å². The summed E-state index contributed by atoms with van der Waals surface area (Å²) in [4.78, 5) is 22.8. The highest BCUT2D eigenvalue weighted by molar-refractivity contribution is 5.94. The molecule has 2 aromatic carbocycles. The van der Waals surface area contributed by atoms with Gasteiger partial charge in [0.15, 0.2) is 0 Å². The Bertz CT molecular complexity index is 690. The second-order valence-electron chi connectivity index (χ2n) is 5.38. The van der Waals surface area contributed by atoms with E-state index in [9.17, 15) is 9.59 Å². The Morgan fingerprint density at radius 3 is 2.32 bits per heavy atom. The van der Waals surface area contributed by atoms with Crippen LogP contribution in [0.4, 0.5) is 0 Å². The van der Waals surface area contributed by atoms with E-state index in [2.05, 4.69) is 5.32 Å². The maximum Gasteiger partial charge on any atom is 0.307 e. The summed E-state index contributed by atoms with van der Waals surface area (Å²) in [6.07, 6.45) is 0.0157. The second-order valence-corrected chi connectivity index (χ2v) is 5.38. The Labute approximate surface area is 129 Å². The van der Waals surface area contributed by atoms with Crippen molar-refractivity contribution >= 4 is 11.9 Å². The lowest BCUT2D eigenvalue weighted by atomic mass is 10.0. The van der Waals surface area contributed by atoms with Gasteiger partial charge in [-0.3, -0.25) is 9.59 Å². The minimum atomic E-state index is -0.844. The molecule has 114 valence electrons. The molecule has 0 bridgehead atoms. The van der Waals surface area contributed by atoms with Crippen molar-refractivity contribution in [3.8, 4) is 0 Å². The van der Waals surface area contributed by atoms with Crippen molar-refractivity contribution in [3.05, 3.63) is 70.3 Å². The highest BCUT2D eigenvalue weighted by Crippen LogP contribution is 2.12. The number of hydrogen-bond donors (Lipinski definition) is 2. The minimum Gasteiger partial charge on any atom is -0.481 e. The lowest BCUT2D eigenvalue weighted by molar-refractivity contribution is -0.136. The molecule has 2 N–H and O–H groups in total. The molecule has 0 aliphatic carbocycles. The first-order valence-electron chi connectivity index (χ1n) is 7.11. The molecule has 0 unspecified atom stereocenters. The number of aliphatic carboxylic acids is 1. The molecule has 0 spiro atoms. The van der Waals surface area contributed by atoms with Crippen LogP contribution in [0.1, 0.15) is 32.6 Å². The van der Waals surface area contributed by atoms with Crippen molar-refractivity contribution in [2.45, 2.75) is 26.8 Å². The first-order valence-corrected chi connectivity index (χ1v) is 7.11. The fourth-order valence-corrected chi connectivity index (χ4v) is 2.22. The van der Waals surface area contributed by atoms with Crippen molar-refractivity contribution in [2.24, 2.45) is 0 Å². The lowest BCUT2D eigenvalue weighted by Gasteiger charge is -2.09. The fourth-order valence-electron chi connectivity index (χ4n) is 2.22. The molecule has 2 rings (SSSR count). The third-order valence-corrected chi connectivity index (χ3v) is 3.52. The molecule has 4 heteroatoms. The highest BCUT2D eigenvalue weighted by Gasteiger charge is 2.07. The Hall–Kier alpha value is -2.62. The first kappa shape index (κ1) is 15.8. The smallest absolute Gasteiger partial charge is 0.307 e. The topological polar surface area (TPSA) is 66.4 Å². The van der Waals surface area contributed by atoms with Gasteiger partial charge in [0.25, 0.3) is 5.91 Å². The van der Waals surface area contributed by atoms with Gasteiger partial charge in [0, 0.05) is 12.1 Å². The number of carboxylic acids is 1. The highest BCUT2D eigenvalue weighted by atomic mass is 16.4. The SMILES string of the molecule is Cc1ccc(C(=O)NCc2ccc(CC(=O)O)c(C)c2)cc1. The van der Waals surface area contributed by atoms with Crippen molar-refractivity contribution in [1.82, 2.24) is 5.32 Å². The maximum absolute atomic E-state index is 12.0. The molecule has 1 amide bonds. The molecular weight excluding hydrogens is 278 g/mol. The van der Waals surface area contributed by atoms with Gasteiger partial charge in [-0.05, 0) is 42.7 Å². The molecule has 0 saturated carbocycles. The number of carbonyl (C=O) groups is 2. The maximum atomic E-state index is 12.0. The van der Waals surface area contributed by atoms with E-state index in [1.54, 1.807) is 18.2 Å². The minimum absolute atomic E-state index is 0.0157. The van der Waals surface area contributed by atoms with Crippen LogP contribution in [0.2, 0.25) is 0 Å². The molecule has 0 atom stereocenters. The molecule has 22 heavy (non-hydrogen) atoms. The van der Waals surface area contributed by atoms with Gasteiger partial charge >= 0.3 is 5.97 Å². The second kappa shape index (κ2) is 6.89. The van der Waals surface area contributed by atoms with E-state index < -0.39 is 5.97 Å². The van der Waals surface area contributed by atoms with Crippen LogP contribution in [-0.4, -0.2) is 17.0 Å². The van der Waals surface area contributed by atoms with E-state index in [0.717, 1.165) is 22.3 Å². The Morgan fingerprint density at radius 1 is 1.05 bits per heavy atom. The van der Waals surface area contributed by atoms with E-state index in [-0.39, 0.29) is 12.3 Å². The zero-order valence-corrected chi connectivity index (χ0v) is 12.7. The largest absolute Gasteiger partial charge is 0.481 e. The van der Waals surface area contributed by atoms with Crippen LogP contribution in [0, 0.1) is 13.8 Å². The molecular formula is C18H19NO3. The number of benzene rings is 2. The Kier molecular flexibility index (Phi) is 4.94. The van der Waals surface area contributed by atoms with Gasteiger partial charge in [0.05, 0.1) is 6.42 Å². The van der Waals surface area contributed by atoms with Crippen LogP contribution < -0.4 is 5.32 Å². The normalized spacial score (nSPS) is 10.3. The van der Waals surface area contributed by atoms with Crippen molar-refractivity contribution in [2.75, 3.05) is 0 Å². The summed E-state index contributed by atoms with van der Waals surface area (Å²) in [5.41, 5.74) is 4.41. The molecule has 0 fully saturated rings. The number of rotatable bonds is 5. The molecule has 2 aromatic rings. The van der Waals surface area contributed by atoms with Gasteiger partial charge in [0.2, 0.25) is 0 Å². The summed E-state index contributed by atoms with van der Waals surface area (Å²) in [6.45, 7) is 4.27. The van der Waals surface area contributed by atoms with Gasteiger partial charge < -0.3 is 10.4 Å². The summed E-state index contributed by atoms with van der Waals surface area (Å²) in [6, 6.07) is 13.0. The van der Waals surface area contributed by atoms with Crippen molar-refractivity contribution in [3.63, 3.8) is 0 Å². The van der Waals surface area contributed by atoms with Crippen LogP contribution in [0.3, 0.4) is 0 Å². The summed E-state index contributed by atoms with van der Waals surface area (Å²) < 4.78 is 0. The first-order chi connectivity index (χ1) is 10.5. The molecule has 0 aliphatic rings. The van der Waals surface area contributed by atoms with Gasteiger partial charge in [-0.25, -0.2) is 0 Å². The van der Waals surface area contributed by atoms with E-state index >= 15 is 0 Å². The van der Waals surface area contributed by atoms with Crippen LogP contribution in [0.25, 0.3) is 0 Å². The molecule has 0 radical (unpaired) electrons. The van der Waals surface area contributed by atoms with Gasteiger partial charge in [-0.1, -0.05) is 35.9 Å². The Balaban J connectivity index is 1.99. The van der Waals surface area contributed by atoms with Gasteiger partial charge in [0.1, 0.15) is 0 Å². The van der Waals surface area contributed by atoms with Crippen LogP contribution in [0.5, 0.6) is 0 Å². The van der Waals surface area contributed by atoms with E-state index in [1.807, 2.05) is 38.1 Å². The van der Waals surface area contributed by atoms with E-state index in [0.29, 0.717) is 12.1 Å². The average molecular weight is 297 g/mol. The van der Waals surface area contributed by atoms with Crippen molar-refractivity contribution in [1.29, 1.82) is 0 Å². The summed E-state index contributed by atoms with van der Waals surface area (Å²) in [5, 5.41) is 11.7. The monoisotopic (exact) mass is 297 g/mol. The predicted octanol–water partition coefficient (Wildman–Crippen LogP) is 2.86. The summed E-state index contributed by atoms with van der Waals surface area (Å²) in [5.74, 6) is -0.962. The number of aryl methyl sites for hydroxylation is 2. The third-order valence-electron chi connectivity index (χ3n) is 3.52. The quantitative estimate of drug-likeness (QED) is 0.891. The third kappa shape index (κ3) is 4.19. The van der Waals surface area contributed by atoms with Crippen molar-refractivity contribution < 1.29 is 14.7 Å².